The van der Waals surface area contributed by atoms with Gasteiger partial charge in [-0.3, -0.25) is 4.79 Å². The Balaban J connectivity index is 1.57. The highest BCUT2D eigenvalue weighted by Gasteiger charge is 2.23. The smallest absolute Gasteiger partial charge is 0.354 e. The van der Waals surface area contributed by atoms with E-state index in [0.717, 1.165) is 25.7 Å². The fourth-order valence-corrected chi connectivity index (χ4v) is 3.47. The summed E-state index contributed by atoms with van der Waals surface area (Å²) in [7, 11) is 0. The number of nitrogens with one attached hydrogen (secondary N) is 1. The minimum atomic E-state index is -1.10. The molecule has 1 aliphatic rings. The lowest BCUT2D eigenvalue weighted by Crippen LogP contribution is -2.38. The fraction of sp³-hybridized carbons (Fsp3) is 0.556. The summed E-state index contributed by atoms with van der Waals surface area (Å²) in [5, 5.41) is 33.4. The summed E-state index contributed by atoms with van der Waals surface area (Å²) in [4.78, 5) is 28.3. The topological polar surface area (TPSA) is 143 Å². The first kappa shape index (κ1) is 19.9. The van der Waals surface area contributed by atoms with Crippen LogP contribution in [0.15, 0.2) is 12.1 Å². The molecule has 2 heterocycles. The lowest BCUT2D eigenvalue weighted by Gasteiger charge is -2.28. The molecule has 2 aromatic heterocycles. The molecule has 1 amide bonds. The first-order valence-electron chi connectivity index (χ1n) is 9.35. The molecule has 0 saturated heterocycles. The number of carbonyl (C=O) groups excluding carboxylic acids is 1. The van der Waals surface area contributed by atoms with Crippen molar-refractivity contribution in [1.29, 1.82) is 0 Å². The zero-order valence-corrected chi connectivity index (χ0v) is 15.7. The van der Waals surface area contributed by atoms with Gasteiger partial charge >= 0.3 is 5.97 Å². The van der Waals surface area contributed by atoms with Crippen molar-refractivity contribution >= 4 is 11.9 Å². The second kappa shape index (κ2) is 8.87. The molecule has 1 fully saturated rings. The molecule has 150 valence electrons. The monoisotopic (exact) mass is 388 g/mol. The standard InChI is InChI=1S/C18H24N6O4/c1-11-8-13(9-15(19-11)18(27)28)17-21-23-24(22-17)10-12-2-4-14(5-3-12)20-16(26)6-7-25/h8-9,12,14,25H,2-7,10H2,1H3,(H,20,26)(H,27,28). The van der Waals surface area contributed by atoms with E-state index in [1.807, 2.05) is 0 Å². The number of aliphatic hydroxyl groups is 1. The number of nitrogens with zero attached hydrogens (tertiary/aromatic N) is 5. The van der Waals surface area contributed by atoms with E-state index in [0.29, 0.717) is 29.5 Å². The number of hydrogen-bond acceptors (Lipinski definition) is 7. The lowest BCUT2D eigenvalue weighted by molar-refractivity contribution is -0.122. The Bertz CT molecular complexity index is 844. The Morgan fingerprint density at radius 2 is 2.00 bits per heavy atom. The van der Waals surface area contributed by atoms with E-state index >= 15 is 0 Å². The first-order valence-corrected chi connectivity index (χ1v) is 9.35. The number of carboxylic acid groups (broad SMARTS) is 1. The highest BCUT2D eigenvalue weighted by molar-refractivity contribution is 5.86. The number of pyridine rings is 1. The van der Waals surface area contributed by atoms with Crippen LogP contribution in [0.1, 0.15) is 48.3 Å². The average molecular weight is 388 g/mol. The summed E-state index contributed by atoms with van der Waals surface area (Å²) in [6.45, 7) is 2.21. The van der Waals surface area contributed by atoms with Gasteiger partial charge in [-0.2, -0.15) is 4.80 Å². The molecule has 0 spiro atoms. The molecule has 0 aromatic carbocycles. The number of aliphatic hydroxyl groups excluding tert-OH is 1. The van der Waals surface area contributed by atoms with Crippen LogP contribution in [-0.4, -0.2) is 59.9 Å². The molecule has 10 nitrogen and oxygen atoms in total. The van der Waals surface area contributed by atoms with Crippen LogP contribution in [0.4, 0.5) is 0 Å². The van der Waals surface area contributed by atoms with Crippen molar-refractivity contribution in [2.45, 2.75) is 51.6 Å². The quantitative estimate of drug-likeness (QED) is 0.632. The van der Waals surface area contributed by atoms with E-state index in [4.69, 9.17) is 10.2 Å². The van der Waals surface area contributed by atoms with Crippen LogP contribution >= 0.6 is 0 Å². The van der Waals surface area contributed by atoms with Crippen molar-refractivity contribution in [2.75, 3.05) is 6.61 Å². The van der Waals surface area contributed by atoms with Gasteiger partial charge in [0, 0.05) is 23.7 Å². The molecule has 0 radical (unpaired) electrons. The molecule has 28 heavy (non-hydrogen) atoms. The lowest BCUT2D eigenvalue weighted by atomic mass is 9.86. The van der Waals surface area contributed by atoms with Crippen LogP contribution in [0.25, 0.3) is 11.4 Å². The van der Waals surface area contributed by atoms with Gasteiger partial charge in [-0.25, -0.2) is 9.78 Å². The molecule has 2 aromatic rings. The predicted octanol–water partition coefficient (Wildman–Crippen LogP) is 0.799. The number of carboxylic acids is 1. The van der Waals surface area contributed by atoms with Crippen LogP contribution < -0.4 is 5.32 Å². The van der Waals surface area contributed by atoms with Crippen LogP contribution in [0, 0.1) is 12.8 Å². The zero-order valence-electron chi connectivity index (χ0n) is 15.7. The third-order valence-electron chi connectivity index (χ3n) is 4.86. The van der Waals surface area contributed by atoms with E-state index in [-0.39, 0.29) is 30.7 Å². The summed E-state index contributed by atoms with van der Waals surface area (Å²) < 4.78 is 0. The zero-order chi connectivity index (χ0) is 20.1. The second-order valence-electron chi connectivity index (χ2n) is 7.11. The molecule has 0 bridgehead atoms. The summed E-state index contributed by atoms with van der Waals surface area (Å²) in [5.41, 5.74) is 1.10. The summed E-state index contributed by atoms with van der Waals surface area (Å²) in [5.74, 6) is -0.443. The molecular weight excluding hydrogens is 364 g/mol. The van der Waals surface area contributed by atoms with Crippen molar-refractivity contribution in [3.63, 3.8) is 0 Å². The van der Waals surface area contributed by atoms with Crippen molar-refractivity contribution in [3.05, 3.63) is 23.5 Å². The average Bonchev–Trinajstić information content (AvgIpc) is 3.11. The van der Waals surface area contributed by atoms with Gasteiger partial charge in [-0.15, -0.1) is 10.2 Å². The largest absolute Gasteiger partial charge is 0.477 e. The Kier molecular flexibility index (Phi) is 6.30. The maximum absolute atomic E-state index is 11.6. The predicted molar refractivity (Wildman–Crippen MR) is 98.3 cm³/mol. The summed E-state index contributed by atoms with van der Waals surface area (Å²) in [6, 6.07) is 3.33. The number of rotatable bonds is 7. The molecule has 0 atom stereocenters. The minimum Gasteiger partial charge on any atom is -0.477 e. The summed E-state index contributed by atoms with van der Waals surface area (Å²) >= 11 is 0. The van der Waals surface area contributed by atoms with Crippen LogP contribution in [0.5, 0.6) is 0 Å². The molecule has 3 rings (SSSR count). The van der Waals surface area contributed by atoms with Crippen molar-refractivity contribution in [2.24, 2.45) is 5.92 Å². The number of aromatic carboxylic acids is 1. The van der Waals surface area contributed by atoms with Crippen molar-refractivity contribution in [1.82, 2.24) is 30.5 Å². The van der Waals surface area contributed by atoms with Crippen LogP contribution in [0.3, 0.4) is 0 Å². The first-order chi connectivity index (χ1) is 13.4. The van der Waals surface area contributed by atoms with Gasteiger partial charge < -0.3 is 15.5 Å². The Labute approximate surface area is 162 Å². The Hall–Kier alpha value is -2.88. The number of carbonyl (C=O) groups is 2. The maximum atomic E-state index is 11.6. The molecule has 1 aliphatic carbocycles. The molecule has 0 aliphatic heterocycles. The molecule has 0 unspecified atom stereocenters. The molecular formula is C18H24N6O4. The Morgan fingerprint density at radius 3 is 2.68 bits per heavy atom. The van der Waals surface area contributed by atoms with Gasteiger partial charge in [0.15, 0.2) is 0 Å². The van der Waals surface area contributed by atoms with E-state index < -0.39 is 5.97 Å². The number of amides is 1. The van der Waals surface area contributed by atoms with E-state index in [1.54, 1.807) is 17.8 Å². The molecule has 3 N–H and O–H groups in total. The van der Waals surface area contributed by atoms with Gasteiger partial charge in [-0.1, -0.05) is 0 Å². The van der Waals surface area contributed by atoms with E-state index in [1.165, 1.54) is 6.07 Å². The van der Waals surface area contributed by atoms with E-state index in [2.05, 4.69) is 25.7 Å². The van der Waals surface area contributed by atoms with Crippen molar-refractivity contribution in [3.8, 4) is 11.4 Å². The van der Waals surface area contributed by atoms with Crippen molar-refractivity contribution < 1.29 is 19.8 Å². The van der Waals surface area contributed by atoms with Gasteiger partial charge in [-0.05, 0) is 55.9 Å². The van der Waals surface area contributed by atoms with Gasteiger partial charge in [0.05, 0.1) is 13.2 Å². The minimum absolute atomic E-state index is 0.0482. The van der Waals surface area contributed by atoms with E-state index in [9.17, 15) is 9.59 Å². The highest BCUT2D eigenvalue weighted by atomic mass is 16.4. The molecule has 1 saturated carbocycles. The fourth-order valence-electron chi connectivity index (χ4n) is 3.47. The molecule has 10 heteroatoms. The third-order valence-corrected chi connectivity index (χ3v) is 4.86. The highest BCUT2D eigenvalue weighted by Crippen LogP contribution is 2.25. The number of hydrogen-bond donors (Lipinski definition) is 3. The Morgan fingerprint density at radius 1 is 1.25 bits per heavy atom. The maximum Gasteiger partial charge on any atom is 0.354 e. The normalized spacial score (nSPS) is 19.4. The second-order valence-corrected chi connectivity index (χ2v) is 7.11. The third kappa shape index (κ3) is 5.10. The number of aromatic nitrogens is 5. The van der Waals surface area contributed by atoms with Gasteiger partial charge in [0.25, 0.3) is 0 Å². The van der Waals surface area contributed by atoms with Gasteiger partial charge in [0.1, 0.15) is 5.69 Å². The van der Waals surface area contributed by atoms with Gasteiger partial charge in [0.2, 0.25) is 11.7 Å². The summed E-state index contributed by atoms with van der Waals surface area (Å²) in [6.07, 6.45) is 3.80. The SMILES string of the molecule is Cc1cc(-c2nnn(CC3CCC(NC(=O)CCO)CC3)n2)cc(C(=O)O)n1. The number of tetrazole rings is 1. The number of aryl methyl sites for hydroxylation is 1. The van der Waals surface area contributed by atoms with Crippen LogP contribution in [0.2, 0.25) is 0 Å². The van der Waals surface area contributed by atoms with Crippen LogP contribution in [-0.2, 0) is 11.3 Å².